The largest absolute Gasteiger partial charge is 0.472 e. The molecule has 0 aromatic carbocycles. The fourth-order valence-electron chi connectivity index (χ4n) is 5.40. The van der Waals surface area contributed by atoms with Crippen LogP contribution in [-0.4, -0.2) is 86.1 Å². The number of phosphoric acid groups is 1. The second kappa shape index (κ2) is 37.7. The van der Waals surface area contributed by atoms with Crippen molar-refractivity contribution in [1.82, 2.24) is 0 Å². The third-order valence-electron chi connectivity index (χ3n) is 8.78. The van der Waals surface area contributed by atoms with E-state index in [2.05, 4.69) is 55.5 Å². The summed E-state index contributed by atoms with van der Waals surface area (Å²) in [5.41, 5.74) is 0. The van der Waals surface area contributed by atoms with E-state index >= 15 is 0 Å². The van der Waals surface area contributed by atoms with Crippen LogP contribution in [0.15, 0.2) is 72.9 Å². The highest BCUT2D eigenvalue weighted by molar-refractivity contribution is 7.47. The number of allylic oxidation sites excluding steroid dienone is 11. The number of hydrogen-bond acceptors (Lipinski definition) is 8. The SMILES string of the molecule is CCCCCCCCCCCCCCCC(=O)OCC(COP(=O)(O)OCC[N+](C)(C)C)OC(=O)CC/C=C/C/C=C/C/C=C/C/C=C/C/C=C/C/C=C\C(C)O. The quantitative estimate of drug-likeness (QED) is 0.0206. The van der Waals surface area contributed by atoms with Crippen LogP contribution >= 0.6 is 7.82 Å². The zero-order valence-electron chi connectivity index (χ0n) is 36.4. The van der Waals surface area contributed by atoms with Gasteiger partial charge in [0.1, 0.15) is 19.8 Å². The molecule has 11 heteroatoms. The first-order valence-electron chi connectivity index (χ1n) is 21.7. The molecule has 0 aromatic heterocycles. The Hall–Kier alpha value is -2.59. The molecule has 0 saturated heterocycles. The molecule has 0 bridgehead atoms. The van der Waals surface area contributed by atoms with E-state index in [0.717, 1.165) is 51.4 Å². The lowest BCUT2D eigenvalue weighted by Gasteiger charge is -2.24. The van der Waals surface area contributed by atoms with Gasteiger partial charge in [-0.15, -0.1) is 0 Å². The van der Waals surface area contributed by atoms with Gasteiger partial charge in [-0.3, -0.25) is 18.6 Å². The van der Waals surface area contributed by atoms with Gasteiger partial charge in [0.2, 0.25) is 0 Å². The lowest BCUT2D eigenvalue weighted by atomic mass is 10.0. The Labute approximate surface area is 347 Å². The molecule has 57 heavy (non-hydrogen) atoms. The molecule has 0 aliphatic heterocycles. The van der Waals surface area contributed by atoms with Crippen LogP contribution in [0.1, 0.15) is 149 Å². The number of likely N-dealkylation sites (N-methyl/N-ethyl adjacent to an activating group) is 1. The van der Waals surface area contributed by atoms with Crippen LogP contribution in [0, 0.1) is 0 Å². The van der Waals surface area contributed by atoms with Gasteiger partial charge in [-0.25, -0.2) is 4.57 Å². The van der Waals surface area contributed by atoms with Crippen LogP contribution in [0.4, 0.5) is 0 Å². The van der Waals surface area contributed by atoms with Crippen LogP contribution in [0.5, 0.6) is 0 Å². The first-order valence-corrected chi connectivity index (χ1v) is 23.2. The van der Waals surface area contributed by atoms with Crippen molar-refractivity contribution in [3.8, 4) is 0 Å². The van der Waals surface area contributed by atoms with E-state index in [0.29, 0.717) is 17.4 Å². The molecule has 0 aliphatic rings. The Morgan fingerprint density at radius 2 is 1.07 bits per heavy atom. The van der Waals surface area contributed by atoms with Gasteiger partial charge >= 0.3 is 19.8 Å². The number of aliphatic hydroxyl groups is 1. The minimum absolute atomic E-state index is 0.0105. The Kier molecular flexibility index (Phi) is 36.0. The Balaban J connectivity index is 4.51. The van der Waals surface area contributed by atoms with Crippen molar-refractivity contribution in [2.24, 2.45) is 0 Å². The van der Waals surface area contributed by atoms with Crippen molar-refractivity contribution in [2.75, 3.05) is 47.5 Å². The number of hydrogen-bond donors (Lipinski definition) is 2. The molecule has 0 heterocycles. The summed E-state index contributed by atoms with van der Waals surface area (Å²) in [6.07, 6.45) is 43.9. The van der Waals surface area contributed by atoms with E-state index < -0.39 is 38.6 Å². The molecular formula is C46H81NO9P+. The standard InChI is InChI=1S/C46H80NO9P/c1-6-7-8-9-10-11-12-18-22-25-28-31-34-37-45(49)53-41-44(42-55-57(51,52)54-40-39-47(3,4)5)56-46(50)38-35-32-29-26-23-20-17-15-13-14-16-19-21-24-27-30-33-36-43(2)48/h13,15-16,19-20,23-24,27,29,32-33,36,43-44,48H,6-12,14,17-18,21-22,25-26,28,30-31,34-35,37-42H2,1-5H3/p+1/b15-13+,19-16+,23-20+,27-24+,32-29+,36-33-. The molecule has 0 aliphatic carbocycles. The van der Waals surface area contributed by atoms with Crippen molar-refractivity contribution in [1.29, 1.82) is 0 Å². The monoisotopic (exact) mass is 823 g/mol. The number of esters is 2. The van der Waals surface area contributed by atoms with Gasteiger partial charge in [0.15, 0.2) is 6.10 Å². The highest BCUT2D eigenvalue weighted by Gasteiger charge is 2.27. The third-order valence-corrected chi connectivity index (χ3v) is 9.76. The van der Waals surface area contributed by atoms with Crippen LogP contribution in [-0.2, 0) is 32.7 Å². The molecule has 3 atom stereocenters. The number of ether oxygens (including phenoxy) is 2. The van der Waals surface area contributed by atoms with Gasteiger partial charge in [-0.1, -0.05) is 157 Å². The zero-order valence-corrected chi connectivity index (χ0v) is 37.3. The van der Waals surface area contributed by atoms with Gasteiger partial charge in [0.25, 0.3) is 0 Å². The summed E-state index contributed by atoms with van der Waals surface area (Å²) in [6, 6.07) is 0. The minimum Gasteiger partial charge on any atom is -0.462 e. The normalized spacial score (nSPS) is 14.9. The summed E-state index contributed by atoms with van der Waals surface area (Å²) in [7, 11) is 1.40. The molecule has 0 amide bonds. The van der Waals surface area contributed by atoms with Crippen LogP contribution in [0.3, 0.4) is 0 Å². The summed E-state index contributed by atoms with van der Waals surface area (Å²) in [5, 5.41) is 9.18. The number of quaternary nitrogens is 1. The van der Waals surface area contributed by atoms with Gasteiger partial charge in [0.05, 0.1) is 33.9 Å². The Morgan fingerprint density at radius 1 is 0.614 bits per heavy atom. The van der Waals surface area contributed by atoms with Gasteiger partial charge < -0.3 is 24.0 Å². The van der Waals surface area contributed by atoms with E-state index in [-0.39, 0.29) is 26.1 Å². The predicted octanol–water partition coefficient (Wildman–Crippen LogP) is 11.2. The first kappa shape index (κ1) is 54.4. The second-order valence-electron chi connectivity index (χ2n) is 15.6. The van der Waals surface area contributed by atoms with Crippen molar-refractivity contribution >= 4 is 19.8 Å². The molecule has 0 spiro atoms. The molecule has 0 fully saturated rings. The third kappa shape index (κ3) is 42.8. The van der Waals surface area contributed by atoms with Gasteiger partial charge in [-0.2, -0.15) is 0 Å². The summed E-state index contributed by atoms with van der Waals surface area (Å²) >= 11 is 0. The van der Waals surface area contributed by atoms with Crippen molar-refractivity contribution in [3.05, 3.63) is 72.9 Å². The van der Waals surface area contributed by atoms with E-state index in [4.69, 9.17) is 18.5 Å². The minimum atomic E-state index is -4.40. The van der Waals surface area contributed by atoms with Crippen LogP contribution in [0.2, 0.25) is 0 Å². The molecule has 10 nitrogen and oxygen atoms in total. The van der Waals surface area contributed by atoms with Crippen LogP contribution in [0.25, 0.3) is 0 Å². The first-order chi connectivity index (χ1) is 27.3. The zero-order chi connectivity index (χ0) is 42.3. The van der Waals surface area contributed by atoms with E-state index in [9.17, 15) is 24.2 Å². The lowest BCUT2D eigenvalue weighted by Crippen LogP contribution is -2.37. The highest BCUT2D eigenvalue weighted by atomic mass is 31.2. The number of rotatable bonds is 38. The highest BCUT2D eigenvalue weighted by Crippen LogP contribution is 2.43. The molecule has 2 N–H and O–H groups in total. The predicted molar refractivity (Wildman–Crippen MR) is 235 cm³/mol. The number of aliphatic hydroxyl groups excluding tert-OH is 1. The maximum atomic E-state index is 12.6. The van der Waals surface area contributed by atoms with Crippen molar-refractivity contribution in [3.63, 3.8) is 0 Å². The van der Waals surface area contributed by atoms with E-state index in [1.54, 1.807) is 13.0 Å². The molecular weight excluding hydrogens is 741 g/mol. The van der Waals surface area contributed by atoms with E-state index in [1.807, 2.05) is 39.4 Å². The molecule has 3 unspecified atom stereocenters. The number of carbonyl (C=O) groups excluding carboxylic acids is 2. The van der Waals surface area contributed by atoms with Gasteiger partial charge in [0, 0.05) is 12.8 Å². The second-order valence-corrected chi connectivity index (χ2v) is 17.1. The fourth-order valence-corrected chi connectivity index (χ4v) is 6.15. The van der Waals surface area contributed by atoms with Crippen molar-refractivity contribution < 1.29 is 47.2 Å². The maximum absolute atomic E-state index is 12.6. The molecule has 0 aromatic rings. The number of unbranched alkanes of at least 4 members (excludes halogenated alkanes) is 12. The summed E-state index contributed by atoms with van der Waals surface area (Å²) in [6.45, 7) is 3.78. The van der Waals surface area contributed by atoms with Crippen molar-refractivity contribution in [2.45, 2.75) is 161 Å². The summed E-state index contributed by atoms with van der Waals surface area (Å²) in [5.74, 6) is -0.914. The smallest absolute Gasteiger partial charge is 0.462 e. The number of phosphoric ester groups is 1. The number of carbonyl (C=O) groups is 2. The fraction of sp³-hybridized carbons (Fsp3) is 0.696. The summed E-state index contributed by atoms with van der Waals surface area (Å²) < 4.78 is 34.2. The molecule has 328 valence electrons. The molecule has 0 rings (SSSR count). The summed E-state index contributed by atoms with van der Waals surface area (Å²) in [4.78, 5) is 35.3. The van der Waals surface area contributed by atoms with E-state index in [1.165, 1.54) is 64.2 Å². The lowest BCUT2D eigenvalue weighted by molar-refractivity contribution is -0.870. The Morgan fingerprint density at radius 3 is 1.54 bits per heavy atom. The average molecular weight is 823 g/mol. The number of nitrogens with zero attached hydrogens (tertiary/aromatic N) is 1. The molecule has 0 saturated carbocycles. The van der Waals surface area contributed by atoms with Crippen LogP contribution < -0.4 is 0 Å². The Bertz CT molecular complexity index is 1220. The van der Waals surface area contributed by atoms with Gasteiger partial charge in [-0.05, 0) is 51.9 Å². The average Bonchev–Trinajstić information content (AvgIpc) is 3.14. The topological polar surface area (TPSA) is 129 Å². The maximum Gasteiger partial charge on any atom is 0.472 e. The molecule has 0 radical (unpaired) electrons.